The summed E-state index contributed by atoms with van der Waals surface area (Å²) in [6.45, 7) is 5.27. The number of rotatable bonds is 2. The summed E-state index contributed by atoms with van der Waals surface area (Å²) in [4.78, 5) is 26.0. The molecular formula is C16H21BrN2O3. The second-order valence-electron chi connectivity index (χ2n) is 6.43. The first kappa shape index (κ1) is 17.0. The molecule has 2 rings (SSSR count). The maximum absolute atomic E-state index is 12.5. The topological polar surface area (TPSA) is 72.6 Å². The van der Waals surface area contributed by atoms with Gasteiger partial charge in [-0.2, -0.15) is 0 Å². The van der Waals surface area contributed by atoms with Gasteiger partial charge in [-0.3, -0.25) is 14.5 Å². The van der Waals surface area contributed by atoms with Crippen molar-refractivity contribution >= 4 is 33.5 Å². The predicted molar refractivity (Wildman–Crippen MR) is 88.6 cm³/mol. The molecule has 0 fully saturated rings. The number of nitrogens with zero attached hydrogens (tertiary/aromatic N) is 1. The van der Waals surface area contributed by atoms with Crippen LogP contribution >= 0.6 is 15.9 Å². The highest BCUT2D eigenvalue weighted by Gasteiger charge is 2.30. The third-order valence-electron chi connectivity index (χ3n) is 3.35. The average molecular weight is 369 g/mol. The fourth-order valence-corrected chi connectivity index (χ4v) is 2.85. The molecule has 0 spiro atoms. The lowest BCUT2D eigenvalue weighted by Gasteiger charge is -2.26. The van der Waals surface area contributed by atoms with E-state index in [1.54, 1.807) is 20.8 Å². The predicted octanol–water partition coefficient (Wildman–Crippen LogP) is 2.40. The highest BCUT2D eigenvalue weighted by Crippen LogP contribution is 2.29. The van der Waals surface area contributed by atoms with Gasteiger partial charge < -0.3 is 10.5 Å². The number of halogens is 1. The molecule has 1 atom stereocenters. The molecule has 5 nitrogen and oxygen atoms in total. The molecule has 0 unspecified atom stereocenters. The Balaban J connectivity index is 2.30. The van der Waals surface area contributed by atoms with Crippen molar-refractivity contribution in [3.63, 3.8) is 0 Å². The molecule has 2 N–H and O–H groups in total. The van der Waals surface area contributed by atoms with Gasteiger partial charge in [0.2, 0.25) is 5.91 Å². The van der Waals surface area contributed by atoms with Crippen LogP contribution in [0.25, 0.3) is 0 Å². The number of aryl methyl sites for hydroxylation is 1. The lowest BCUT2D eigenvalue weighted by Crippen LogP contribution is -2.46. The van der Waals surface area contributed by atoms with Crippen molar-refractivity contribution in [3.8, 4) is 0 Å². The Bertz CT molecular complexity index is 596. The van der Waals surface area contributed by atoms with Crippen molar-refractivity contribution in [1.29, 1.82) is 0 Å². The number of esters is 1. The monoisotopic (exact) mass is 368 g/mol. The van der Waals surface area contributed by atoms with E-state index in [-0.39, 0.29) is 12.5 Å². The second kappa shape index (κ2) is 6.38. The van der Waals surface area contributed by atoms with Gasteiger partial charge in [0.05, 0.1) is 6.04 Å². The Morgan fingerprint density at radius 1 is 1.45 bits per heavy atom. The molecule has 1 aromatic carbocycles. The lowest BCUT2D eigenvalue weighted by molar-refractivity contribution is -0.153. The van der Waals surface area contributed by atoms with Crippen molar-refractivity contribution in [2.45, 2.75) is 45.3 Å². The van der Waals surface area contributed by atoms with Gasteiger partial charge in [0.1, 0.15) is 12.1 Å². The van der Waals surface area contributed by atoms with Crippen molar-refractivity contribution in [3.05, 3.63) is 28.2 Å². The Labute approximate surface area is 138 Å². The highest BCUT2D eigenvalue weighted by molar-refractivity contribution is 9.10. The lowest BCUT2D eigenvalue weighted by atomic mass is 10.1. The molecule has 0 saturated carbocycles. The number of carbonyl (C=O) groups is 2. The normalized spacial score (nSPS) is 18.7. The number of hydrogen-bond donors (Lipinski definition) is 1. The van der Waals surface area contributed by atoms with Crippen LogP contribution in [0.15, 0.2) is 22.7 Å². The van der Waals surface area contributed by atoms with Crippen LogP contribution in [0.5, 0.6) is 0 Å². The van der Waals surface area contributed by atoms with Gasteiger partial charge in [0, 0.05) is 10.2 Å². The van der Waals surface area contributed by atoms with E-state index in [4.69, 9.17) is 10.5 Å². The molecule has 0 saturated heterocycles. The van der Waals surface area contributed by atoms with Crippen LogP contribution in [0.3, 0.4) is 0 Å². The summed E-state index contributed by atoms with van der Waals surface area (Å²) >= 11 is 3.43. The first-order chi connectivity index (χ1) is 10.2. The van der Waals surface area contributed by atoms with Crippen molar-refractivity contribution in [2.75, 3.05) is 11.4 Å². The summed E-state index contributed by atoms with van der Waals surface area (Å²) < 4.78 is 6.26. The minimum atomic E-state index is -0.603. The van der Waals surface area contributed by atoms with E-state index in [1.807, 2.05) is 18.2 Å². The van der Waals surface area contributed by atoms with Gasteiger partial charge in [-0.1, -0.05) is 15.9 Å². The molecular weight excluding hydrogens is 348 g/mol. The van der Waals surface area contributed by atoms with E-state index in [0.29, 0.717) is 12.8 Å². The molecule has 1 aromatic rings. The fourth-order valence-electron chi connectivity index (χ4n) is 2.44. The number of ether oxygens (including phenoxy) is 1. The standard InChI is InChI=1S/C16H21BrN2O3/c1-16(2,3)22-14(20)9-19-13-7-5-11(17)8-10(13)4-6-12(18)15(19)21/h5,7-8,12H,4,6,9,18H2,1-3H3/t12-/m0/s1. The third-order valence-corrected chi connectivity index (χ3v) is 3.84. The number of carbonyl (C=O) groups excluding carboxylic acids is 2. The average Bonchev–Trinajstić information content (AvgIpc) is 2.49. The maximum atomic E-state index is 12.5. The molecule has 0 bridgehead atoms. The SMILES string of the molecule is CC(C)(C)OC(=O)CN1C(=O)[C@@H](N)CCc2cc(Br)ccc21. The minimum Gasteiger partial charge on any atom is -0.459 e. The molecule has 0 radical (unpaired) electrons. The van der Waals surface area contributed by atoms with E-state index in [9.17, 15) is 9.59 Å². The summed E-state index contributed by atoms with van der Waals surface area (Å²) in [6, 6.07) is 5.04. The summed E-state index contributed by atoms with van der Waals surface area (Å²) in [6.07, 6.45) is 1.26. The first-order valence-corrected chi connectivity index (χ1v) is 8.04. The smallest absolute Gasteiger partial charge is 0.326 e. The summed E-state index contributed by atoms with van der Waals surface area (Å²) in [5.41, 5.74) is 7.08. The Morgan fingerprint density at radius 3 is 2.77 bits per heavy atom. The van der Waals surface area contributed by atoms with Crippen LogP contribution in [0.1, 0.15) is 32.8 Å². The molecule has 120 valence electrons. The molecule has 0 aliphatic carbocycles. The van der Waals surface area contributed by atoms with Crippen LogP contribution in [0.4, 0.5) is 5.69 Å². The van der Waals surface area contributed by atoms with Gasteiger partial charge in [0.15, 0.2) is 0 Å². The first-order valence-electron chi connectivity index (χ1n) is 7.24. The van der Waals surface area contributed by atoms with E-state index >= 15 is 0 Å². The number of hydrogen-bond acceptors (Lipinski definition) is 4. The molecule has 22 heavy (non-hydrogen) atoms. The molecule has 0 aromatic heterocycles. The third kappa shape index (κ3) is 4.08. The zero-order chi connectivity index (χ0) is 16.5. The zero-order valence-electron chi connectivity index (χ0n) is 13.1. The van der Waals surface area contributed by atoms with E-state index < -0.39 is 17.6 Å². The quantitative estimate of drug-likeness (QED) is 0.813. The molecule has 6 heteroatoms. The van der Waals surface area contributed by atoms with Crippen LogP contribution in [0, 0.1) is 0 Å². The summed E-state index contributed by atoms with van der Waals surface area (Å²) in [7, 11) is 0. The number of fused-ring (bicyclic) bond motifs is 1. The van der Waals surface area contributed by atoms with E-state index in [2.05, 4.69) is 15.9 Å². The Hall–Kier alpha value is -1.40. The largest absolute Gasteiger partial charge is 0.459 e. The van der Waals surface area contributed by atoms with E-state index in [1.165, 1.54) is 4.90 Å². The van der Waals surface area contributed by atoms with Gasteiger partial charge in [-0.25, -0.2) is 0 Å². The molecule has 1 heterocycles. The highest BCUT2D eigenvalue weighted by atomic mass is 79.9. The number of amides is 1. The van der Waals surface area contributed by atoms with Crippen molar-refractivity contribution in [2.24, 2.45) is 5.73 Å². The van der Waals surface area contributed by atoms with Gasteiger partial charge in [0.25, 0.3) is 0 Å². The molecule has 1 aliphatic rings. The van der Waals surface area contributed by atoms with Crippen LogP contribution < -0.4 is 10.6 Å². The van der Waals surface area contributed by atoms with Crippen molar-refractivity contribution in [1.82, 2.24) is 0 Å². The molecule has 1 amide bonds. The summed E-state index contributed by atoms with van der Waals surface area (Å²) in [5.74, 6) is -0.684. The molecule has 1 aliphatic heterocycles. The summed E-state index contributed by atoms with van der Waals surface area (Å²) in [5, 5.41) is 0. The van der Waals surface area contributed by atoms with Gasteiger partial charge in [-0.15, -0.1) is 0 Å². The number of nitrogens with two attached hydrogens (primary N) is 1. The van der Waals surface area contributed by atoms with E-state index in [0.717, 1.165) is 15.7 Å². The Morgan fingerprint density at radius 2 is 2.14 bits per heavy atom. The minimum absolute atomic E-state index is 0.127. The number of anilines is 1. The second-order valence-corrected chi connectivity index (χ2v) is 7.34. The Kier molecular flexibility index (Phi) is 4.92. The van der Waals surface area contributed by atoms with Gasteiger partial charge in [-0.05, 0) is 57.4 Å². The van der Waals surface area contributed by atoms with Crippen LogP contribution in [-0.4, -0.2) is 30.1 Å². The maximum Gasteiger partial charge on any atom is 0.326 e. The van der Waals surface area contributed by atoms with Gasteiger partial charge >= 0.3 is 5.97 Å². The fraction of sp³-hybridized carbons (Fsp3) is 0.500. The van der Waals surface area contributed by atoms with Crippen molar-refractivity contribution < 1.29 is 14.3 Å². The van der Waals surface area contributed by atoms with Crippen LogP contribution in [-0.2, 0) is 20.7 Å². The van der Waals surface area contributed by atoms with Crippen LogP contribution in [0.2, 0.25) is 0 Å². The zero-order valence-corrected chi connectivity index (χ0v) is 14.6. The number of benzene rings is 1.